The second-order valence-corrected chi connectivity index (χ2v) is 4.26. The van der Waals surface area contributed by atoms with Gasteiger partial charge in [0.15, 0.2) is 5.58 Å². The number of hydrogen-bond acceptors (Lipinski definition) is 2. The average Bonchev–Trinajstić information content (AvgIpc) is 2.81. The topological polar surface area (TPSA) is 26.0 Å². The molecule has 0 saturated heterocycles. The Morgan fingerprint density at radius 1 is 0.882 bits per heavy atom. The van der Waals surface area contributed by atoms with Gasteiger partial charge in [-0.3, -0.25) is 0 Å². The van der Waals surface area contributed by atoms with Crippen LogP contribution in [0.25, 0.3) is 22.6 Å². The molecule has 3 rings (SSSR count). The van der Waals surface area contributed by atoms with E-state index in [0.29, 0.717) is 5.89 Å². The van der Waals surface area contributed by atoms with E-state index >= 15 is 0 Å². The highest BCUT2D eigenvalue weighted by Crippen LogP contribution is 2.27. The maximum atomic E-state index is 5.85. The van der Waals surface area contributed by atoms with Crippen molar-refractivity contribution in [3.05, 3.63) is 53.6 Å². The van der Waals surface area contributed by atoms with Crippen molar-refractivity contribution in [3.63, 3.8) is 0 Å². The van der Waals surface area contributed by atoms with Crippen LogP contribution in [0.3, 0.4) is 0 Å². The van der Waals surface area contributed by atoms with Gasteiger partial charge in [0.25, 0.3) is 0 Å². The summed E-state index contributed by atoms with van der Waals surface area (Å²) >= 11 is 0. The fraction of sp³-hybridized carbons (Fsp3) is 0.133. The van der Waals surface area contributed by atoms with E-state index in [1.54, 1.807) is 0 Å². The van der Waals surface area contributed by atoms with Crippen molar-refractivity contribution in [1.82, 2.24) is 4.98 Å². The van der Waals surface area contributed by atoms with Crippen molar-refractivity contribution in [2.45, 2.75) is 13.8 Å². The van der Waals surface area contributed by atoms with Crippen molar-refractivity contribution in [2.24, 2.45) is 0 Å². The number of nitrogens with zero attached hydrogens (tertiary/aromatic N) is 1. The molecule has 0 bridgehead atoms. The van der Waals surface area contributed by atoms with Crippen LogP contribution in [-0.4, -0.2) is 4.98 Å². The summed E-state index contributed by atoms with van der Waals surface area (Å²) in [5.74, 6) is 0.693. The summed E-state index contributed by atoms with van der Waals surface area (Å²) in [6.45, 7) is 4.10. The molecule has 0 spiro atoms. The third-order valence-electron chi connectivity index (χ3n) is 2.96. The van der Waals surface area contributed by atoms with E-state index < -0.39 is 0 Å². The molecule has 2 heteroatoms. The van der Waals surface area contributed by atoms with Crippen LogP contribution in [0.1, 0.15) is 11.1 Å². The van der Waals surface area contributed by atoms with E-state index in [0.717, 1.165) is 27.8 Å². The monoisotopic (exact) mass is 223 g/mol. The van der Waals surface area contributed by atoms with Gasteiger partial charge in [-0.2, -0.15) is 0 Å². The van der Waals surface area contributed by atoms with E-state index in [-0.39, 0.29) is 0 Å². The van der Waals surface area contributed by atoms with Crippen LogP contribution in [0.15, 0.2) is 46.9 Å². The lowest BCUT2D eigenvalue weighted by atomic mass is 10.1. The quantitative estimate of drug-likeness (QED) is 0.620. The van der Waals surface area contributed by atoms with Crippen molar-refractivity contribution in [2.75, 3.05) is 0 Å². The second-order valence-electron chi connectivity index (χ2n) is 4.26. The van der Waals surface area contributed by atoms with Crippen LogP contribution in [0.4, 0.5) is 0 Å². The van der Waals surface area contributed by atoms with Gasteiger partial charge < -0.3 is 4.42 Å². The number of oxazole rings is 1. The molecular weight excluding hydrogens is 210 g/mol. The van der Waals surface area contributed by atoms with E-state index in [2.05, 4.69) is 24.0 Å². The van der Waals surface area contributed by atoms with Gasteiger partial charge in [-0.25, -0.2) is 4.98 Å². The molecule has 2 nitrogen and oxygen atoms in total. The summed E-state index contributed by atoms with van der Waals surface area (Å²) < 4.78 is 5.85. The Balaban J connectivity index is 2.27. The zero-order valence-electron chi connectivity index (χ0n) is 9.90. The lowest BCUT2D eigenvalue weighted by molar-refractivity contribution is 0.617. The molecule has 17 heavy (non-hydrogen) atoms. The molecule has 84 valence electrons. The van der Waals surface area contributed by atoms with Crippen molar-refractivity contribution in [3.8, 4) is 11.5 Å². The lowest BCUT2D eigenvalue weighted by Crippen LogP contribution is -1.79. The van der Waals surface area contributed by atoms with Crippen molar-refractivity contribution < 1.29 is 4.42 Å². The molecule has 1 heterocycles. The van der Waals surface area contributed by atoms with Crippen LogP contribution >= 0.6 is 0 Å². The highest BCUT2D eigenvalue weighted by molar-refractivity contribution is 5.82. The largest absolute Gasteiger partial charge is 0.436 e. The number of aromatic nitrogens is 1. The normalized spacial score (nSPS) is 10.9. The summed E-state index contributed by atoms with van der Waals surface area (Å²) in [5, 5.41) is 0. The first-order valence-electron chi connectivity index (χ1n) is 5.68. The summed E-state index contributed by atoms with van der Waals surface area (Å²) in [6, 6.07) is 14.1. The molecule has 0 aliphatic rings. The molecule has 0 saturated carbocycles. The van der Waals surface area contributed by atoms with Gasteiger partial charge in [0.1, 0.15) is 5.52 Å². The van der Waals surface area contributed by atoms with Crippen LogP contribution < -0.4 is 0 Å². The highest BCUT2D eigenvalue weighted by Gasteiger charge is 2.11. The molecule has 1 aromatic heterocycles. The smallest absolute Gasteiger partial charge is 0.227 e. The van der Waals surface area contributed by atoms with E-state index in [1.165, 1.54) is 0 Å². The predicted octanol–water partition coefficient (Wildman–Crippen LogP) is 4.11. The predicted molar refractivity (Wildman–Crippen MR) is 68.9 cm³/mol. The van der Waals surface area contributed by atoms with Gasteiger partial charge in [0.2, 0.25) is 5.89 Å². The summed E-state index contributed by atoms with van der Waals surface area (Å²) in [7, 11) is 0. The number of benzene rings is 2. The van der Waals surface area contributed by atoms with Gasteiger partial charge in [-0.1, -0.05) is 30.3 Å². The number of hydrogen-bond donors (Lipinski definition) is 0. The minimum atomic E-state index is 0.693. The zero-order chi connectivity index (χ0) is 11.8. The fourth-order valence-electron chi connectivity index (χ4n) is 1.96. The Morgan fingerprint density at radius 2 is 1.59 bits per heavy atom. The van der Waals surface area contributed by atoms with Crippen LogP contribution in [0.2, 0.25) is 0 Å². The first kappa shape index (κ1) is 10.1. The molecule has 0 unspecified atom stereocenters. The Labute approximate surface area is 99.9 Å². The first-order valence-corrected chi connectivity index (χ1v) is 5.68. The van der Waals surface area contributed by atoms with Crippen LogP contribution in [0.5, 0.6) is 0 Å². The number of rotatable bonds is 1. The summed E-state index contributed by atoms with van der Waals surface area (Å²) in [4.78, 5) is 4.58. The van der Waals surface area contributed by atoms with Gasteiger partial charge in [0.05, 0.1) is 0 Å². The molecule has 0 fully saturated rings. The lowest BCUT2D eigenvalue weighted by Gasteiger charge is -1.95. The van der Waals surface area contributed by atoms with Crippen molar-refractivity contribution >= 4 is 11.1 Å². The fourth-order valence-corrected chi connectivity index (χ4v) is 1.96. The molecule has 2 aromatic carbocycles. The third-order valence-corrected chi connectivity index (χ3v) is 2.96. The van der Waals surface area contributed by atoms with E-state index in [4.69, 9.17) is 4.42 Å². The molecule has 0 amide bonds. The van der Waals surface area contributed by atoms with Gasteiger partial charge in [-0.05, 0) is 37.1 Å². The SMILES string of the molecule is Cc1ccc(C)c2oc(-c3ccccc3)nc12. The maximum Gasteiger partial charge on any atom is 0.227 e. The minimum Gasteiger partial charge on any atom is -0.436 e. The zero-order valence-corrected chi connectivity index (χ0v) is 9.90. The molecule has 0 radical (unpaired) electrons. The molecular formula is C15H13NO. The standard InChI is InChI=1S/C15H13NO/c1-10-8-9-11(2)14-13(10)16-15(17-14)12-6-4-3-5-7-12/h3-9H,1-2H3. The van der Waals surface area contributed by atoms with Gasteiger partial charge in [-0.15, -0.1) is 0 Å². The van der Waals surface area contributed by atoms with Crippen LogP contribution in [0, 0.1) is 13.8 Å². The number of aryl methyl sites for hydroxylation is 2. The Kier molecular flexibility index (Phi) is 2.22. The second kappa shape index (κ2) is 3.74. The van der Waals surface area contributed by atoms with Gasteiger partial charge >= 0.3 is 0 Å². The van der Waals surface area contributed by atoms with E-state index in [1.807, 2.05) is 37.3 Å². The molecule has 0 N–H and O–H groups in total. The maximum absolute atomic E-state index is 5.85. The molecule has 0 atom stereocenters. The molecule has 0 aliphatic carbocycles. The average molecular weight is 223 g/mol. The van der Waals surface area contributed by atoms with Crippen molar-refractivity contribution in [1.29, 1.82) is 0 Å². The van der Waals surface area contributed by atoms with Gasteiger partial charge in [0, 0.05) is 5.56 Å². The number of fused-ring (bicyclic) bond motifs is 1. The van der Waals surface area contributed by atoms with E-state index in [9.17, 15) is 0 Å². The molecule has 0 aliphatic heterocycles. The Hall–Kier alpha value is -2.09. The Morgan fingerprint density at radius 3 is 2.29 bits per heavy atom. The minimum absolute atomic E-state index is 0.693. The highest BCUT2D eigenvalue weighted by atomic mass is 16.3. The summed E-state index contributed by atoms with van der Waals surface area (Å²) in [5.41, 5.74) is 5.15. The molecule has 3 aromatic rings. The summed E-state index contributed by atoms with van der Waals surface area (Å²) in [6.07, 6.45) is 0. The Bertz CT molecular complexity index is 629. The van der Waals surface area contributed by atoms with Crippen LogP contribution in [-0.2, 0) is 0 Å². The third kappa shape index (κ3) is 1.62. The first-order chi connectivity index (χ1) is 8.25.